The van der Waals surface area contributed by atoms with Crippen LogP contribution in [0.4, 0.5) is 0 Å². The van der Waals surface area contributed by atoms with Crippen molar-refractivity contribution in [3.05, 3.63) is 28.8 Å². The van der Waals surface area contributed by atoms with E-state index >= 15 is 0 Å². The van der Waals surface area contributed by atoms with Crippen LogP contribution >= 0.6 is 11.3 Å². The molecule has 0 saturated heterocycles. The number of hydrogen-bond donors (Lipinski definition) is 1. The van der Waals surface area contributed by atoms with E-state index in [1.54, 1.807) is 11.3 Å². The highest BCUT2D eigenvalue weighted by molar-refractivity contribution is 7.18. The van der Waals surface area contributed by atoms with Gasteiger partial charge in [0.1, 0.15) is 0 Å². The van der Waals surface area contributed by atoms with Crippen molar-refractivity contribution in [2.24, 2.45) is 0 Å². The highest BCUT2D eigenvalue weighted by Crippen LogP contribution is 2.26. The van der Waals surface area contributed by atoms with Gasteiger partial charge in [-0.2, -0.15) is 0 Å². The molecule has 80 valence electrons. The first-order chi connectivity index (χ1) is 7.20. The zero-order valence-electron chi connectivity index (χ0n) is 9.03. The number of rotatable bonds is 3. The lowest BCUT2D eigenvalue weighted by Gasteiger charge is -2.08. The zero-order chi connectivity index (χ0) is 10.8. The van der Waals surface area contributed by atoms with Gasteiger partial charge in [-0.1, -0.05) is 19.4 Å². The SMILES string of the molecule is CCC[C@H](O)c1ccc2sc(C)nc2c1. The minimum absolute atomic E-state index is 0.346. The molecule has 0 aliphatic heterocycles. The molecule has 0 fully saturated rings. The average molecular weight is 221 g/mol. The summed E-state index contributed by atoms with van der Waals surface area (Å²) in [5, 5.41) is 10.9. The molecule has 0 unspecified atom stereocenters. The number of fused-ring (bicyclic) bond motifs is 1. The van der Waals surface area contributed by atoms with Crippen molar-refractivity contribution < 1.29 is 5.11 Å². The molecule has 1 heterocycles. The van der Waals surface area contributed by atoms with Crippen LogP contribution in [0.2, 0.25) is 0 Å². The lowest BCUT2D eigenvalue weighted by atomic mass is 10.1. The molecule has 0 amide bonds. The van der Waals surface area contributed by atoms with Crippen molar-refractivity contribution in [3.63, 3.8) is 0 Å². The number of hydrogen-bond acceptors (Lipinski definition) is 3. The summed E-state index contributed by atoms with van der Waals surface area (Å²) in [6.45, 7) is 4.08. The van der Waals surface area contributed by atoms with Crippen molar-refractivity contribution in [2.45, 2.75) is 32.8 Å². The van der Waals surface area contributed by atoms with Gasteiger partial charge in [-0.25, -0.2) is 4.98 Å². The molecule has 0 spiro atoms. The van der Waals surface area contributed by atoms with Crippen LogP contribution in [0.25, 0.3) is 10.2 Å². The molecule has 1 aromatic heterocycles. The van der Waals surface area contributed by atoms with E-state index in [4.69, 9.17) is 0 Å². The van der Waals surface area contributed by atoms with Gasteiger partial charge >= 0.3 is 0 Å². The maximum atomic E-state index is 9.86. The summed E-state index contributed by atoms with van der Waals surface area (Å²) >= 11 is 1.69. The van der Waals surface area contributed by atoms with Crippen LogP contribution in [-0.2, 0) is 0 Å². The second-order valence-corrected chi connectivity index (χ2v) is 5.00. The Bertz CT molecular complexity index is 464. The van der Waals surface area contributed by atoms with Gasteiger partial charge < -0.3 is 5.11 Å². The van der Waals surface area contributed by atoms with E-state index in [-0.39, 0.29) is 6.10 Å². The van der Waals surface area contributed by atoms with Gasteiger partial charge in [-0.3, -0.25) is 0 Å². The van der Waals surface area contributed by atoms with E-state index in [1.807, 2.05) is 25.1 Å². The lowest BCUT2D eigenvalue weighted by molar-refractivity contribution is 0.166. The second kappa shape index (κ2) is 4.29. The van der Waals surface area contributed by atoms with E-state index in [0.717, 1.165) is 28.9 Å². The number of aryl methyl sites for hydroxylation is 1. The fourth-order valence-corrected chi connectivity index (χ4v) is 2.51. The number of aliphatic hydroxyl groups is 1. The molecule has 2 nitrogen and oxygen atoms in total. The van der Waals surface area contributed by atoms with Gasteiger partial charge in [0, 0.05) is 0 Å². The molecule has 0 aliphatic carbocycles. The largest absolute Gasteiger partial charge is 0.388 e. The van der Waals surface area contributed by atoms with Crippen molar-refractivity contribution >= 4 is 21.6 Å². The quantitative estimate of drug-likeness (QED) is 0.861. The molecule has 2 aromatic rings. The predicted octanol–water partition coefficient (Wildman–Crippen LogP) is 3.44. The Morgan fingerprint density at radius 1 is 1.47 bits per heavy atom. The van der Waals surface area contributed by atoms with Crippen LogP contribution in [0.3, 0.4) is 0 Å². The molecule has 2 rings (SSSR count). The normalized spacial score (nSPS) is 13.3. The summed E-state index contributed by atoms with van der Waals surface area (Å²) in [4.78, 5) is 4.42. The van der Waals surface area contributed by atoms with E-state index in [9.17, 15) is 5.11 Å². The molecule has 3 heteroatoms. The highest BCUT2D eigenvalue weighted by Gasteiger charge is 2.08. The van der Waals surface area contributed by atoms with E-state index < -0.39 is 0 Å². The molecular formula is C12H15NOS. The third-order valence-electron chi connectivity index (χ3n) is 2.47. The monoisotopic (exact) mass is 221 g/mol. The molecule has 15 heavy (non-hydrogen) atoms. The third-order valence-corrected chi connectivity index (χ3v) is 3.42. The van der Waals surface area contributed by atoms with E-state index in [0.29, 0.717) is 0 Å². The highest BCUT2D eigenvalue weighted by atomic mass is 32.1. The standard InChI is InChI=1S/C12H15NOS/c1-3-4-11(14)9-5-6-12-10(7-9)13-8(2)15-12/h5-7,11,14H,3-4H2,1-2H3/t11-/m0/s1. The second-order valence-electron chi connectivity index (χ2n) is 3.76. The average Bonchev–Trinajstić information content (AvgIpc) is 2.57. The van der Waals surface area contributed by atoms with Crippen molar-refractivity contribution in [2.75, 3.05) is 0 Å². The molecule has 0 bridgehead atoms. The number of nitrogens with zero attached hydrogens (tertiary/aromatic N) is 1. The fourth-order valence-electron chi connectivity index (χ4n) is 1.71. The maximum absolute atomic E-state index is 9.86. The Kier molecular flexibility index (Phi) is 3.03. The van der Waals surface area contributed by atoms with Crippen LogP contribution in [0, 0.1) is 6.92 Å². The maximum Gasteiger partial charge on any atom is 0.0907 e. The van der Waals surface area contributed by atoms with Crippen LogP contribution in [0.15, 0.2) is 18.2 Å². The molecule has 1 atom stereocenters. The van der Waals surface area contributed by atoms with Gasteiger partial charge in [0.15, 0.2) is 0 Å². The molecule has 0 saturated carbocycles. The summed E-state index contributed by atoms with van der Waals surface area (Å²) in [6.07, 6.45) is 1.46. The Labute approximate surface area is 93.6 Å². The van der Waals surface area contributed by atoms with Gasteiger partial charge in [-0.05, 0) is 31.0 Å². The first-order valence-corrected chi connectivity index (χ1v) is 6.07. The summed E-state index contributed by atoms with van der Waals surface area (Å²) in [7, 11) is 0. The number of benzene rings is 1. The van der Waals surface area contributed by atoms with Crippen LogP contribution < -0.4 is 0 Å². The number of thiazole rings is 1. The summed E-state index contributed by atoms with van der Waals surface area (Å²) in [5.74, 6) is 0. The van der Waals surface area contributed by atoms with Crippen molar-refractivity contribution in [3.8, 4) is 0 Å². The van der Waals surface area contributed by atoms with Crippen LogP contribution in [-0.4, -0.2) is 10.1 Å². The Morgan fingerprint density at radius 2 is 2.27 bits per heavy atom. The third kappa shape index (κ3) is 2.19. The van der Waals surface area contributed by atoms with E-state index in [2.05, 4.69) is 11.9 Å². The van der Waals surface area contributed by atoms with Gasteiger partial charge in [-0.15, -0.1) is 11.3 Å². The van der Waals surface area contributed by atoms with E-state index in [1.165, 1.54) is 4.70 Å². The molecule has 1 N–H and O–H groups in total. The minimum atomic E-state index is -0.346. The molecular weight excluding hydrogens is 206 g/mol. The number of aromatic nitrogens is 1. The van der Waals surface area contributed by atoms with Gasteiger partial charge in [0.2, 0.25) is 0 Å². The van der Waals surface area contributed by atoms with Crippen molar-refractivity contribution in [1.82, 2.24) is 4.98 Å². The van der Waals surface area contributed by atoms with Crippen LogP contribution in [0.5, 0.6) is 0 Å². The van der Waals surface area contributed by atoms with Gasteiger partial charge in [0.25, 0.3) is 0 Å². The summed E-state index contributed by atoms with van der Waals surface area (Å²) in [5.41, 5.74) is 1.99. The molecule has 1 aromatic carbocycles. The zero-order valence-corrected chi connectivity index (χ0v) is 9.84. The Morgan fingerprint density at radius 3 is 3.00 bits per heavy atom. The molecule has 0 aliphatic rings. The summed E-state index contributed by atoms with van der Waals surface area (Å²) < 4.78 is 1.19. The topological polar surface area (TPSA) is 33.1 Å². The molecule has 0 radical (unpaired) electrons. The fraction of sp³-hybridized carbons (Fsp3) is 0.417. The first-order valence-electron chi connectivity index (χ1n) is 5.26. The Balaban J connectivity index is 2.37. The van der Waals surface area contributed by atoms with Gasteiger partial charge in [0.05, 0.1) is 21.3 Å². The predicted molar refractivity (Wildman–Crippen MR) is 64.2 cm³/mol. The summed E-state index contributed by atoms with van der Waals surface area (Å²) in [6, 6.07) is 6.05. The number of aliphatic hydroxyl groups excluding tert-OH is 1. The van der Waals surface area contributed by atoms with Crippen molar-refractivity contribution in [1.29, 1.82) is 0 Å². The first kappa shape index (κ1) is 10.6. The van der Waals surface area contributed by atoms with Crippen LogP contribution in [0.1, 0.15) is 36.4 Å². The lowest BCUT2D eigenvalue weighted by Crippen LogP contribution is -1.95. The Hall–Kier alpha value is -0.930. The minimum Gasteiger partial charge on any atom is -0.388 e. The smallest absolute Gasteiger partial charge is 0.0907 e.